The Morgan fingerprint density at radius 2 is 1.03 bits per heavy atom. The van der Waals surface area contributed by atoms with E-state index in [-0.39, 0.29) is 17.2 Å². The molecule has 4 rings (SSSR count). The minimum Gasteiger partial charge on any atom is -0.506 e. The number of nitrogens with zero attached hydrogens (tertiary/aromatic N) is 1. The fourth-order valence-electron chi connectivity index (χ4n) is 3.79. The summed E-state index contributed by atoms with van der Waals surface area (Å²) in [5.41, 5.74) is 4.45. The van der Waals surface area contributed by atoms with Crippen molar-refractivity contribution in [3.8, 4) is 28.7 Å². The third-order valence-electron chi connectivity index (χ3n) is 5.39. The lowest BCUT2D eigenvalue weighted by Crippen LogP contribution is -2.13. The van der Waals surface area contributed by atoms with E-state index in [1.165, 1.54) is 0 Å². The quantitative estimate of drug-likeness (QED) is 0.320. The Bertz CT molecular complexity index is 1150. The third-order valence-corrected chi connectivity index (χ3v) is 5.39. The van der Waals surface area contributed by atoms with E-state index in [0.29, 0.717) is 22.9 Å². The average molecular weight is 428 g/mol. The van der Waals surface area contributed by atoms with Gasteiger partial charge in [0.15, 0.2) is 11.5 Å². The molecule has 0 fully saturated rings. The predicted octanol–water partition coefficient (Wildman–Crippen LogP) is 6.99. The molecule has 0 radical (unpaired) electrons. The zero-order valence-corrected chi connectivity index (χ0v) is 18.2. The first-order valence-electron chi connectivity index (χ1n) is 10.3. The second kappa shape index (κ2) is 8.55. The molecule has 0 aliphatic rings. The van der Waals surface area contributed by atoms with E-state index in [9.17, 15) is 15.3 Å². The largest absolute Gasteiger partial charge is 0.506 e. The highest BCUT2D eigenvalue weighted by molar-refractivity contribution is 5.86. The molecule has 0 saturated heterocycles. The van der Waals surface area contributed by atoms with Crippen molar-refractivity contribution in [1.82, 2.24) is 0 Å². The first-order chi connectivity index (χ1) is 15.4. The van der Waals surface area contributed by atoms with E-state index in [1.807, 2.05) is 56.0 Å². The molecule has 0 aliphatic heterocycles. The van der Waals surface area contributed by atoms with Gasteiger partial charge in [0.2, 0.25) is 0 Å². The SMILES string of the molecule is Cc1cccc(O)c1Oc1ccc(N(c2c(C)cccc2O)c2c(C)cccc2O)cc1. The van der Waals surface area contributed by atoms with Gasteiger partial charge >= 0.3 is 0 Å². The zero-order chi connectivity index (χ0) is 22.8. The molecule has 0 bridgehead atoms. The summed E-state index contributed by atoms with van der Waals surface area (Å²) in [4.78, 5) is 1.84. The van der Waals surface area contributed by atoms with Crippen LogP contribution in [0.3, 0.4) is 0 Å². The molecule has 0 heterocycles. The Morgan fingerprint density at radius 1 is 0.562 bits per heavy atom. The summed E-state index contributed by atoms with van der Waals surface area (Å²) in [6, 6.07) is 23.2. The highest BCUT2D eigenvalue weighted by Crippen LogP contribution is 2.46. The molecule has 3 N–H and O–H groups in total. The first kappa shape index (κ1) is 21.1. The summed E-state index contributed by atoms with van der Waals surface area (Å²) in [6.07, 6.45) is 0. The number of aryl methyl sites for hydroxylation is 3. The molecular weight excluding hydrogens is 402 g/mol. The lowest BCUT2D eigenvalue weighted by atomic mass is 10.1. The monoisotopic (exact) mass is 427 g/mol. The van der Waals surface area contributed by atoms with Gasteiger partial charge in [0.05, 0.1) is 11.4 Å². The van der Waals surface area contributed by atoms with Crippen LogP contribution in [0.5, 0.6) is 28.7 Å². The number of ether oxygens (including phenoxy) is 1. The Morgan fingerprint density at radius 3 is 1.50 bits per heavy atom. The van der Waals surface area contributed by atoms with Crippen LogP contribution in [-0.4, -0.2) is 15.3 Å². The number of benzene rings is 4. The van der Waals surface area contributed by atoms with E-state index in [2.05, 4.69) is 0 Å². The van der Waals surface area contributed by atoms with Gasteiger partial charge in [-0.2, -0.15) is 0 Å². The Hall–Kier alpha value is -4.12. The summed E-state index contributed by atoms with van der Waals surface area (Å²) in [6.45, 7) is 5.69. The minimum absolute atomic E-state index is 0.0744. The molecule has 0 aromatic heterocycles. The van der Waals surface area contributed by atoms with Crippen LogP contribution in [0.2, 0.25) is 0 Å². The second-order valence-corrected chi connectivity index (χ2v) is 7.74. The van der Waals surface area contributed by atoms with E-state index in [4.69, 9.17) is 4.74 Å². The van der Waals surface area contributed by atoms with E-state index < -0.39 is 0 Å². The molecule has 4 aromatic rings. The van der Waals surface area contributed by atoms with Crippen LogP contribution in [0.25, 0.3) is 0 Å². The fraction of sp³-hybridized carbons (Fsp3) is 0.111. The van der Waals surface area contributed by atoms with Gasteiger partial charge in [-0.3, -0.25) is 0 Å². The minimum atomic E-state index is 0.0744. The van der Waals surface area contributed by atoms with Gasteiger partial charge in [-0.15, -0.1) is 0 Å². The number of hydrogen-bond acceptors (Lipinski definition) is 5. The maximum absolute atomic E-state index is 10.7. The van der Waals surface area contributed by atoms with Crippen molar-refractivity contribution in [2.24, 2.45) is 0 Å². The molecule has 0 aliphatic carbocycles. The molecule has 0 atom stereocenters. The van der Waals surface area contributed by atoms with E-state index in [1.54, 1.807) is 48.5 Å². The van der Waals surface area contributed by atoms with Crippen molar-refractivity contribution in [1.29, 1.82) is 0 Å². The fourth-order valence-corrected chi connectivity index (χ4v) is 3.79. The number of aromatic hydroxyl groups is 3. The predicted molar refractivity (Wildman–Crippen MR) is 127 cm³/mol. The van der Waals surface area contributed by atoms with Gasteiger partial charge in [-0.1, -0.05) is 36.4 Å². The smallest absolute Gasteiger partial charge is 0.171 e. The van der Waals surface area contributed by atoms with E-state index in [0.717, 1.165) is 22.4 Å². The van der Waals surface area contributed by atoms with Crippen molar-refractivity contribution in [3.63, 3.8) is 0 Å². The molecule has 162 valence electrons. The topological polar surface area (TPSA) is 73.2 Å². The van der Waals surface area contributed by atoms with Gasteiger partial charge in [0.25, 0.3) is 0 Å². The highest BCUT2D eigenvalue weighted by atomic mass is 16.5. The van der Waals surface area contributed by atoms with Gasteiger partial charge in [-0.05, 0) is 79.9 Å². The van der Waals surface area contributed by atoms with Gasteiger partial charge < -0.3 is 25.0 Å². The Kier molecular flexibility index (Phi) is 5.65. The molecule has 5 heteroatoms. The van der Waals surface area contributed by atoms with Gasteiger partial charge in [0.1, 0.15) is 17.2 Å². The van der Waals surface area contributed by atoms with Crippen molar-refractivity contribution in [2.45, 2.75) is 20.8 Å². The zero-order valence-electron chi connectivity index (χ0n) is 18.2. The molecule has 32 heavy (non-hydrogen) atoms. The normalized spacial score (nSPS) is 10.7. The molecule has 4 aromatic carbocycles. The molecule has 0 saturated carbocycles. The number of para-hydroxylation sites is 3. The Labute approximate surface area is 187 Å². The number of anilines is 3. The molecular formula is C27H25NO4. The van der Waals surface area contributed by atoms with Gasteiger partial charge in [0, 0.05) is 5.69 Å². The van der Waals surface area contributed by atoms with Crippen LogP contribution in [-0.2, 0) is 0 Å². The van der Waals surface area contributed by atoms with Crippen molar-refractivity contribution in [3.05, 3.63) is 95.6 Å². The van der Waals surface area contributed by atoms with Crippen LogP contribution in [0.15, 0.2) is 78.9 Å². The molecule has 5 nitrogen and oxygen atoms in total. The summed E-state index contributed by atoms with van der Waals surface area (Å²) in [5.74, 6) is 1.26. The lowest BCUT2D eigenvalue weighted by molar-refractivity contribution is 0.409. The molecule has 0 spiro atoms. The summed E-state index contributed by atoms with van der Waals surface area (Å²) in [7, 11) is 0. The van der Waals surface area contributed by atoms with Crippen molar-refractivity contribution in [2.75, 3.05) is 4.90 Å². The maximum Gasteiger partial charge on any atom is 0.171 e. The van der Waals surface area contributed by atoms with Crippen LogP contribution >= 0.6 is 0 Å². The van der Waals surface area contributed by atoms with Crippen LogP contribution < -0.4 is 9.64 Å². The number of hydrogen-bond donors (Lipinski definition) is 3. The number of phenolic OH excluding ortho intramolecular Hbond substituents is 3. The number of rotatable bonds is 5. The average Bonchev–Trinajstić information content (AvgIpc) is 2.75. The second-order valence-electron chi connectivity index (χ2n) is 7.74. The maximum atomic E-state index is 10.7. The standard InChI is InChI=1S/C27H25NO4/c1-17-7-4-10-22(29)25(17)28(26-18(2)8-5-11-23(26)30)20-13-15-21(16-14-20)32-27-19(3)9-6-12-24(27)31/h4-16,29-31H,1-3H3. The van der Waals surface area contributed by atoms with E-state index >= 15 is 0 Å². The first-order valence-corrected chi connectivity index (χ1v) is 10.3. The van der Waals surface area contributed by atoms with Crippen LogP contribution in [0, 0.1) is 20.8 Å². The van der Waals surface area contributed by atoms with Crippen molar-refractivity contribution < 1.29 is 20.1 Å². The lowest BCUT2D eigenvalue weighted by Gasteiger charge is -2.29. The Balaban J connectivity index is 1.81. The highest BCUT2D eigenvalue weighted by Gasteiger charge is 2.22. The van der Waals surface area contributed by atoms with Gasteiger partial charge in [-0.25, -0.2) is 0 Å². The summed E-state index contributed by atoms with van der Waals surface area (Å²) >= 11 is 0. The van der Waals surface area contributed by atoms with Crippen LogP contribution in [0.1, 0.15) is 16.7 Å². The molecule has 0 amide bonds. The molecule has 0 unspecified atom stereocenters. The van der Waals surface area contributed by atoms with Crippen LogP contribution in [0.4, 0.5) is 17.1 Å². The summed E-state index contributed by atoms with van der Waals surface area (Å²) < 4.78 is 5.91. The number of phenols is 3. The third kappa shape index (κ3) is 3.93. The van der Waals surface area contributed by atoms with Crippen molar-refractivity contribution >= 4 is 17.1 Å². The summed E-state index contributed by atoms with van der Waals surface area (Å²) in [5, 5.41) is 31.5.